The number of aliphatic hydroxyl groups is 1. The third kappa shape index (κ3) is 3.39. The molecule has 0 amide bonds. The zero-order valence-electron chi connectivity index (χ0n) is 16.3. The number of rotatable bonds is 5. The van der Waals surface area contributed by atoms with Gasteiger partial charge in [-0.15, -0.1) is 0 Å². The van der Waals surface area contributed by atoms with E-state index in [0.29, 0.717) is 23.8 Å². The second-order valence-corrected chi connectivity index (χ2v) is 7.13. The summed E-state index contributed by atoms with van der Waals surface area (Å²) in [6, 6.07) is 14.6. The number of allylic oxidation sites excluding steroid dienone is 1. The summed E-state index contributed by atoms with van der Waals surface area (Å²) < 4.78 is 2.06. The lowest BCUT2D eigenvalue weighted by Crippen LogP contribution is -2.31. The lowest BCUT2D eigenvalue weighted by atomic mass is 10.1. The molecule has 148 valence electrons. The number of hydroxylamine groups is 1. The molecule has 0 saturated heterocycles. The maximum absolute atomic E-state index is 9.68. The van der Waals surface area contributed by atoms with E-state index in [-0.39, 0.29) is 18.4 Å². The van der Waals surface area contributed by atoms with E-state index in [9.17, 15) is 15.5 Å². The molecule has 1 unspecified atom stereocenters. The fourth-order valence-corrected chi connectivity index (χ4v) is 3.66. The van der Waals surface area contributed by atoms with E-state index in [0.717, 1.165) is 28.6 Å². The first-order valence-corrected chi connectivity index (χ1v) is 9.48. The number of nitriles is 1. The van der Waals surface area contributed by atoms with Crippen molar-refractivity contribution in [1.82, 2.24) is 9.55 Å². The molecule has 7 nitrogen and oxygen atoms in total. The van der Waals surface area contributed by atoms with Crippen LogP contribution in [0.2, 0.25) is 0 Å². The summed E-state index contributed by atoms with van der Waals surface area (Å²) in [5.74, 6) is 1.54. The first-order valence-electron chi connectivity index (χ1n) is 9.48. The molecule has 0 saturated carbocycles. The van der Waals surface area contributed by atoms with Crippen LogP contribution in [0, 0.1) is 11.3 Å². The molecule has 2 heterocycles. The number of anilines is 1. The number of phenols is 1. The van der Waals surface area contributed by atoms with E-state index in [1.807, 2.05) is 32.0 Å². The zero-order chi connectivity index (χ0) is 20.5. The number of phenolic OH excluding ortho intramolecular Hbond substituents is 1. The quantitative estimate of drug-likeness (QED) is 0.694. The Labute approximate surface area is 168 Å². The Kier molecular flexibility index (Phi) is 4.87. The van der Waals surface area contributed by atoms with Crippen molar-refractivity contribution in [2.24, 2.45) is 0 Å². The molecule has 0 bridgehead atoms. The van der Waals surface area contributed by atoms with Crippen LogP contribution in [0.3, 0.4) is 0 Å². The fourth-order valence-electron chi connectivity index (χ4n) is 3.66. The van der Waals surface area contributed by atoms with Crippen molar-refractivity contribution < 1.29 is 15.1 Å². The Bertz CT molecular complexity index is 1130. The predicted octanol–water partition coefficient (Wildman–Crippen LogP) is 3.26. The molecule has 1 aliphatic rings. The van der Waals surface area contributed by atoms with E-state index >= 15 is 0 Å². The van der Waals surface area contributed by atoms with Crippen LogP contribution in [0.4, 0.5) is 5.95 Å². The van der Waals surface area contributed by atoms with E-state index in [1.165, 1.54) is 0 Å². The summed E-state index contributed by atoms with van der Waals surface area (Å²) in [5.41, 5.74) is 4.08. The molecule has 2 N–H and O–H groups in total. The predicted molar refractivity (Wildman–Crippen MR) is 109 cm³/mol. The molecule has 0 fully saturated rings. The molecule has 1 aliphatic heterocycles. The first-order chi connectivity index (χ1) is 14.0. The molecule has 29 heavy (non-hydrogen) atoms. The minimum absolute atomic E-state index is 0.0736. The molecule has 2 aromatic carbocycles. The maximum Gasteiger partial charge on any atom is 0.241 e. The summed E-state index contributed by atoms with van der Waals surface area (Å²) in [7, 11) is 0. The smallest absolute Gasteiger partial charge is 0.241 e. The van der Waals surface area contributed by atoms with Gasteiger partial charge in [0.25, 0.3) is 0 Å². The molecule has 0 aliphatic carbocycles. The molecular formula is C22H22N4O3. The Morgan fingerprint density at radius 2 is 1.97 bits per heavy atom. The average molecular weight is 390 g/mol. The van der Waals surface area contributed by atoms with Gasteiger partial charge in [0.1, 0.15) is 11.5 Å². The van der Waals surface area contributed by atoms with Crippen LogP contribution in [0.15, 0.2) is 53.8 Å². The molecule has 0 radical (unpaired) electrons. The summed E-state index contributed by atoms with van der Waals surface area (Å²) >= 11 is 0. The highest BCUT2D eigenvalue weighted by Gasteiger charge is 2.33. The first kappa shape index (κ1) is 18.8. The van der Waals surface area contributed by atoms with E-state index in [1.54, 1.807) is 29.3 Å². The SMILES string of the molecule is CC1=C(CO)C(C)N(c2nc3cc(C#N)ccc3n2CCc2ccc(O)cc2)O1. The van der Waals surface area contributed by atoms with Crippen LogP contribution in [-0.4, -0.2) is 32.4 Å². The summed E-state index contributed by atoms with van der Waals surface area (Å²) in [4.78, 5) is 10.7. The second kappa shape index (κ2) is 7.49. The van der Waals surface area contributed by atoms with Gasteiger partial charge in [0.2, 0.25) is 5.95 Å². The van der Waals surface area contributed by atoms with Crippen LogP contribution in [0.25, 0.3) is 11.0 Å². The van der Waals surface area contributed by atoms with Gasteiger partial charge in [-0.25, -0.2) is 4.98 Å². The van der Waals surface area contributed by atoms with Gasteiger partial charge in [-0.05, 0) is 56.2 Å². The lowest BCUT2D eigenvalue weighted by Gasteiger charge is -2.23. The Morgan fingerprint density at radius 1 is 1.21 bits per heavy atom. The number of imidazole rings is 1. The van der Waals surface area contributed by atoms with Crippen LogP contribution in [0.1, 0.15) is 25.0 Å². The molecule has 4 rings (SSSR count). The Hall–Kier alpha value is -3.50. The van der Waals surface area contributed by atoms with E-state index < -0.39 is 0 Å². The molecule has 1 aromatic heterocycles. The summed E-state index contributed by atoms with van der Waals surface area (Å²) in [5, 5.41) is 30.1. The molecular weight excluding hydrogens is 368 g/mol. The summed E-state index contributed by atoms with van der Waals surface area (Å²) in [6.45, 7) is 4.37. The fraction of sp³-hybridized carbons (Fsp3) is 0.273. The minimum Gasteiger partial charge on any atom is -0.508 e. The van der Waals surface area contributed by atoms with Gasteiger partial charge in [-0.2, -0.15) is 10.3 Å². The van der Waals surface area contributed by atoms with Crippen LogP contribution >= 0.6 is 0 Å². The van der Waals surface area contributed by atoms with Crippen molar-refractivity contribution in [3.8, 4) is 11.8 Å². The number of fused-ring (bicyclic) bond motifs is 1. The molecule has 7 heteroatoms. The lowest BCUT2D eigenvalue weighted by molar-refractivity contribution is 0.191. The van der Waals surface area contributed by atoms with Gasteiger partial charge in [-0.1, -0.05) is 12.1 Å². The Balaban J connectivity index is 1.73. The second-order valence-electron chi connectivity index (χ2n) is 7.13. The van der Waals surface area contributed by atoms with Crippen LogP contribution < -0.4 is 5.06 Å². The van der Waals surface area contributed by atoms with E-state index in [4.69, 9.17) is 9.82 Å². The van der Waals surface area contributed by atoms with Gasteiger partial charge >= 0.3 is 0 Å². The van der Waals surface area contributed by atoms with Crippen molar-refractivity contribution in [3.63, 3.8) is 0 Å². The number of aromatic nitrogens is 2. The van der Waals surface area contributed by atoms with Crippen molar-refractivity contribution in [1.29, 1.82) is 5.26 Å². The standard InChI is InChI=1S/C22H22N4O3/c1-14-19(13-27)15(2)29-26(14)22-24-20-11-17(12-23)5-8-21(20)25(22)10-9-16-3-6-18(28)7-4-16/h3-8,11,14,27-28H,9-10,13H2,1-2H3. The van der Waals surface area contributed by atoms with Gasteiger partial charge in [-0.3, -0.25) is 0 Å². The number of benzene rings is 2. The number of aryl methyl sites for hydroxylation is 2. The number of nitrogens with zero attached hydrogens (tertiary/aromatic N) is 4. The highest BCUT2D eigenvalue weighted by atomic mass is 16.7. The highest BCUT2D eigenvalue weighted by Crippen LogP contribution is 2.33. The molecule has 0 spiro atoms. The zero-order valence-corrected chi connectivity index (χ0v) is 16.3. The van der Waals surface area contributed by atoms with Crippen molar-refractivity contribution in [3.05, 3.63) is 64.9 Å². The van der Waals surface area contributed by atoms with Crippen molar-refractivity contribution in [2.75, 3.05) is 11.7 Å². The summed E-state index contributed by atoms with van der Waals surface area (Å²) in [6.07, 6.45) is 0.736. The number of aliphatic hydroxyl groups excluding tert-OH is 1. The molecule has 3 aromatic rings. The average Bonchev–Trinajstić information content (AvgIpc) is 3.22. The number of hydrogen-bond acceptors (Lipinski definition) is 6. The number of aromatic hydroxyl groups is 1. The van der Waals surface area contributed by atoms with Gasteiger partial charge in [0, 0.05) is 12.1 Å². The third-order valence-corrected chi connectivity index (χ3v) is 5.33. The normalized spacial score (nSPS) is 16.3. The Morgan fingerprint density at radius 3 is 2.62 bits per heavy atom. The minimum atomic E-state index is -0.153. The van der Waals surface area contributed by atoms with Crippen LogP contribution in [0.5, 0.6) is 5.75 Å². The van der Waals surface area contributed by atoms with Gasteiger partial charge in [0.15, 0.2) is 0 Å². The maximum atomic E-state index is 9.68. The van der Waals surface area contributed by atoms with Gasteiger partial charge < -0.3 is 19.6 Å². The van der Waals surface area contributed by atoms with E-state index in [2.05, 4.69) is 10.6 Å². The van der Waals surface area contributed by atoms with Gasteiger partial charge in [0.05, 0.1) is 35.3 Å². The number of hydrogen-bond donors (Lipinski definition) is 2. The monoisotopic (exact) mass is 390 g/mol. The van der Waals surface area contributed by atoms with Crippen molar-refractivity contribution in [2.45, 2.75) is 32.9 Å². The van der Waals surface area contributed by atoms with Crippen molar-refractivity contribution >= 4 is 17.0 Å². The topological polar surface area (TPSA) is 94.5 Å². The largest absolute Gasteiger partial charge is 0.508 e. The van der Waals surface area contributed by atoms with Crippen LogP contribution in [-0.2, 0) is 17.8 Å². The third-order valence-electron chi connectivity index (χ3n) is 5.33. The highest BCUT2D eigenvalue weighted by molar-refractivity contribution is 5.80. The molecule has 1 atom stereocenters.